The van der Waals surface area contributed by atoms with Gasteiger partial charge in [0.25, 0.3) is 0 Å². The van der Waals surface area contributed by atoms with Crippen LogP contribution in [0.4, 0.5) is 0 Å². The molecule has 96 valence electrons. The number of rotatable bonds is 3. The lowest BCUT2D eigenvalue weighted by Gasteiger charge is -2.13. The van der Waals surface area contributed by atoms with E-state index >= 15 is 0 Å². The van der Waals surface area contributed by atoms with E-state index in [2.05, 4.69) is 17.6 Å². The van der Waals surface area contributed by atoms with Gasteiger partial charge in [0.2, 0.25) is 0 Å². The Kier molecular flexibility index (Phi) is 3.05. The third-order valence-electron chi connectivity index (χ3n) is 3.44. The first-order valence-electron chi connectivity index (χ1n) is 6.57. The van der Waals surface area contributed by atoms with E-state index in [0.717, 1.165) is 29.0 Å². The van der Waals surface area contributed by atoms with Crippen LogP contribution in [0.1, 0.15) is 24.4 Å². The number of aromatic nitrogens is 2. The van der Waals surface area contributed by atoms with E-state index in [4.69, 9.17) is 10.7 Å². The summed E-state index contributed by atoms with van der Waals surface area (Å²) < 4.78 is 2.19. The molecule has 3 heteroatoms. The lowest BCUT2D eigenvalue weighted by molar-refractivity contribution is 0.671. The molecule has 1 heterocycles. The Hall–Kier alpha value is -2.13. The van der Waals surface area contributed by atoms with Gasteiger partial charge in [0.05, 0.1) is 17.1 Å². The Balaban J connectivity index is 2.14. The molecule has 19 heavy (non-hydrogen) atoms. The summed E-state index contributed by atoms with van der Waals surface area (Å²) in [5.74, 6) is 0.926. The summed E-state index contributed by atoms with van der Waals surface area (Å²) in [6.07, 6.45) is 0. The summed E-state index contributed by atoms with van der Waals surface area (Å²) >= 11 is 0. The first kappa shape index (κ1) is 11.9. The summed E-state index contributed by atoms with van der Waals surface area (Å²) in [4.78, 5) is 4.70. The Morgan fingerprint density at radius 1 is 1.05 bits per heavy atom. The lowest BCUT2D eigenvalue weighted by Crippen LogP contribution is -2.17. The molecule has 1 aromatic heterocycles. The van der Waals surface area contributed by atoms with E-state index in [9.17, 15) is 0 Å². The van der Waals surface area contributed by atoms with E-state index < -0.39 is 0 Å². The molecule has 0 fully saturated rings. The molecule has 0 spiro atoms. The van der Waals surface area contributed by atoms with E-state index in [1.165, 1.54) is 0 Å². The van der Waals surface area contributed by atoms with Gasteiger partial charge in [-0.05, 0) is 24.6 Å². The van der Waals surface area contributed by atoms with Gasteiger partial charge in [-0.15, -0.1) is 0 Å². The fourth-order valence-corrected chi connectivity index (χ4v) is 2.47. The van der Waals surface area contributed by atoms with Crippen LogP contribution in [0.15, 0.2) is 54.6 Å². The highest BCUT2D eigenvalue weighted by molar-refractivity contribution is 5.76. The topological polar surface area (TPSA) is 43.8 Å². The summed E-state index contributed by atoms with van der Waals surface area (Å²) in [6.45, 7) is 2.99. The Labute approximate surface area is 112 Å². The molecule has 0 amide bonds. The Morgan fingerprint density at radius 2 is 1.74 bits per heavy atom. The van der Waals surface area contributed by atoms with Gasteiger partial charge in [-0.3, -0.25) is 0 Å². The van der Waals surface area contributed by atoms with E-state index in [-0.39, 0.29) is 6.04 Å². The molecule has 1 atom stereocenters. The molecule has 3 rings (SSSR count). The largest absolute Gasteiger partial charge is 0.327 e. The lowest BCUT2D eigenvalue weighted by atomic mass is 10.1. The van der Waals surface area contributed by atoms with Crippen LogP contribution in [0.25, 0.3) is 11.0 Å². The average molecular weight is 251 g/mol. The minimum absolute atomic E-state index is 0.187. The monoisotopic (exact) mass is 251 g/mol. The van der Waals surface area contributed by atoms with Crippen LogP contribution in [0, 0.1) is 0 Å². The maximum absolute atomic E-state index is 6.37. The van der Waals surface area contributed by atoms with Crippen molar-refractivity contribution in [3.8, 4) is 0 Å². The first-order chi connectivity index (χ1) is 9.31. The second-order valence-corrected chi connectivity index (χ2v) is 4.59. The molecule has 0 radical (unpaired) electrons. The third-order valence-corrected chi connectivity index (χ3v) is 3.44. The normalized spacial score (nSPS) is 12.7. The van der Waals surface area contributed by atoms with Crippen molar-refractivity contribution in [1.82, 2.24) is 9.55 Å². The van der Waals surface area contributed by atoms with Crippen molar-refractivity contribution in [2.24, 2.45) is 5.73 Å². The number of aryl methyl sites for hydroxylation is 1. The average Bonchev–Trinajstić information content (AvgIpc) is 2.85. The highest BCUT2D eigenvalue weighted by atomic mass is 15.1. The van der Waals surface area contributed by atoms with Gasteiger partial charge in [0.1, 0.15) is 5.82 Å². The molecule has 0 unspecified atom stereocenters. The summed E-state index contributed by atoms with van der Waals surface area (Å²) in [7, 11) is 0. The van der Waals surface area contributed by atoms with Crippen LogP contribution in [-0.2, 0) is 6.54 Å². The predicted octanol–water partition coefficient (Wildman–Crippen LogP) is 3.10. The molecule has 0 bridgehead atoms. The second-order valence-electron chi connectivity index (χ2n) is 4.59. The summed E-state index contributed by atoms with van der Waals surface area (Å²) in [5, 5.41) is 0. The number of para-hydroxylation sites is 2. The van der Waals surface area contributed by atoms with Crippen molar-refractivity contribution in [3.05, 3.63) is 66.0 Å². The van der Waals surface area contributed by atoms with E-state index in [0.29, 0.717) is 0 Å². The zero-order chi connectivity index (χ0) is 13.2. The molecule has 2 aromatic carbocycles. The number of imidazole rings is 1. The first-order valence-corrected chi connectivity index (χ1v) is 6.57. The summed E-state index contributed by atoms with van der Waals surface area (Å²) in [5.41, 5.74) is 9.61. The van der Waals surface area contributed by atoms with Gasteiger partial charge in [0.15, 0.2) is 0 Å². The summed E-state index contributed by atoms with van der Waals surface area (Å²) in [6, 6.07) is 18.1. The zero-order valence-corrected chi connectivity index (χ0v) is 11.0. The molecule has 0 saturated carbocycles. The molecule has 0 aliphatic carbocycles. The fraction of sp³-hybridized carbons (Fsp3) is 0.188. The minimum Gasteiger partial charge on any atom is -0.327 e. The van der Waals surface area contributed by atoms with Crippen molar-refractivity contribution in [1.29, 1.82) is 0 Å². The number of nitrogens with two attached hydrogens (primary N) is 1. The molecule has 0 saturated heterocycles. The molecule has 3 aromatic rings. The third kappa shape index (κ3) is 2.02. The molecular weight excluding hydrogens is 234 g/mol. The molecular formula is C16H17N3. The van der Waals surface area contributed by atoms with Crippen molar-refractivity contribution in [2.45, 2.75) is 19.5 Å². The van der Waals surface area contributed by atoms with Crippen LogP contribution < -0.4 is 5.73 Å². The van der Waals surface area contributed by atoms with Crippen molar-refractivity contribution < 1.29 is 0 Å². The standard InChI is InChI=1S/C16H17N3/c1-2-19-14-11-7-6-10-13(14)18-16(19)15(17)12-8-4-3-5-9-12/h3-11,15H,2,17H2,1H3/t15-/m1/s1. The van der Waals surface area contributed by atoms with Crippen LogP contribution in [0.5, 0.6) is 0 Å². The molecule has 2 N–H and O–H groups in total. The molecule has 3 nitrogen and oxygen atoms in total. The fourth-order valence-electron chi connectivity index (χ4n) is 2.47. The highest BCUT2D eigenvalue weighted by Crippen LogP contribution is 2.23. The van der Waals surface area contributed by atoms with Crippen molar-refractivity contribution in [2.75, 3.05) is 0 Å². The smallest absolute Gasteiger partial charge is 0.131 e. The van der Waals surface area contributed by atoms with Crippen molar-refractivity contribution >= 4 is 11.0 Å². The zero-order valence-electron chi connectivity index (χ0n) is 11.0. The number of nitrogens with zero attached hydrogens (tertiary/aromatic N) is 2. The van der Waals surface area contributed by atoms with Gasteiger partial charge in [-0.25, -0.2) is 4.98 Å². The maximum Gasteiger partial charge on any atom is 0.131 e. The second kappa shape index (κ2) is 4.86. The van der Waals surface area contributed by atoms with Gasteiger partial charge in [-0.2, -0.15) is 0 Å². The van der Waals surface area contributed by atoms with Gasteiger partial charge >= 0.3 is 0 Å². The number of hydrogen-bond donors (Lipinski definition) is 1. The minimum atomic E-state index is -0.187. The maximum atomic E-state index is 6.37. The van der Waals surface area contributed by atoms with Crippen LogP contribution in [0.2, 0.25) is 0 Å². The van der Waals surface area contributed by atoms with Gasteiger partial charge in [0, 0.05) is 6.54 Å². The highest BCUT2D eigenvalue weighted by Gasteiger charge is 2.17. The van der Waals surface area contributed by atoms with E-state index in [1.54, 1.807) is 0 Å². The number of benzene rings is 2. The van der Waals surface area contributed by atoms with Crippen LogP contribution in [0.3, 0.4) is 0 Å². The Morgan fingerprint density at radius 3 is 2.47 bits per heavy atom. The van der Waals surface area contributed by atoms with Gasteiger partial charge < -0.3 is 10.3 Å². The Bertz CT molecular complexity index is 686. The van der Waals surface area contributed by atoms with Crippen LogP contribution in [-0.4, -0.2) is 9.55 Å². The van der Waals surface area contributed by atoms with Crippen LogP contribution >= 0.6 is 0 Å². The van der Waals surface area contributed by atoms with Crippen molar-refractivity contribution in [3.63, 3.8) is 0 Å². The number of fused-ring (bicyclic) bond motifs is 1. The molecule has 0 aliphatic rings. The quantitative estimate of drug-likeness (QED) is 0.777. The van der Waals surface area contributed by atoms with E-state index in [1.807, 2.05) is 48.5 Å². The van der Waals surface area contributed by atoms with Gasteiger partial charge in [-0.1, -0.05) is 42.5 Å². The SMILES string of the molecule is CCn1c([C@H](N)c2ccccc2)nc2ccccc21. The molecule has 0 aliphatic heterocycles. The number of hydrogen-bond acceptors (Lipinski definition) is 2. The predicted molar refractivity (Wildman–Crippen MR) is 77.9 cm³/mol.